The second-order valence-electron chi connectivity index (χ2n) is 3.72. The number of alkyl halides is 3. The smallest absolute Gasteiger partial charge is 0.372 e. The summed E-state index contributed by atoms with van der Waals surface area (Å²) in [5.74, 6) is 0.359. The van der Waals surface area contributed by atoms with E-state index in [4.69, 9.17) is 5.73 Å². The molecule has 14 heavy (non-hydrogen) atoms. The van der Waals surface area contributed by atoms with Gasteiger partial charge >= 0.3 is 6.18 Å². The predicted molar refractivity (Wildman–Crippen MR) is 48.9 cm³/mol. The van der Waals surface area contributed by atoms with Gasteiger partial charge in [-0.3, -0.25) is 0 Å². The molecule has 0 fully saturated rings. The van der Waals surface area contributed by atoms with Crippen molar-refractivity contribution >= 4 is 0 Å². The molecule has 2 N–H and O–H groups in total. The summed E-state index contributed by atoms with van der Waals surface area (Å²) in [6, 6.07) is 0.0458. The third-order valence-corrected chi connectivity index (χ3v) is 1.95. The molecule has 0 aromatic heterocycles. The first kappa shape index (κ1) is 13.7. The van der Waals surface area contributed by atoms with Crippen molar-refractivity contribution < 1.29 is 17.9 Å². The van der Waals surface area contributed by atoms with E-state index in [-0.39, 0.29) is 12.6 Å². The minimum absolute atomic E-state index is 0.0458. The van der Waals surface area contributed by atoms with E-state index >= 15 is 0 Å². The van der Waals surface area contributed by atoms with Gasteiger partial charge in [0.2, 0.25) is 0 Å². The summed E-state index contributed by atoms with van der Waals surface area (Å²) in [5.41, 5.74) is 5.71. The fourth-order valence-corrected chi connectivity index (χ4v) is 0.942. The van der Waals surface area contributed by atoms with E-state index in [1.807, 2.05) is 13.8 Å². The SMILES string of the molecule is CC(C)C(N)CCCOCC(F)(F)F. The van der Waals surface area contributed by atoms with Gasteiger partial charge in [0.25, 0.3) is 0 Å². The Kier molecular flexibility index (Phi) is 6.11. The van der Waals surface area contributed by atoms with Gasteiger partial charge in [-0.25, -0.2) is 0 Å². The van der Waals surface area contributed by atoms with E-state index in [0.29, 0.717) is 18.8 Å². The van der Waals surface area contributed by atoms with Gasteiger partial charge in [-0.15, -0.1) is 0 Å². The highest BCUT2D eigenvalue weighted by Gasteiger charge is 2.27. The van der Waals surface area contributed by atoms with Crippen molar-refractivity contribution in [2.45, 2.75) is 38.9 Å². The topological polar surface area (TPSA) is 35.2 Å². The fourth-order valence-electron chi connectivity index (χ4n) is 0.942. The lowest BCUT2D eigenvalue weighted by Crippen LogP contribution is -2.26. The summed E-state index contributed by atoms with van der Waals surface area (Å²) in [7, 11) is 0. The van der Waals surface area contributed by atoms with Crippen molar-refractivity contribution in [3.8, 4) is 0 Å². The van der Waals surface area contributed by atoms with E-state index in [2.05, 4.69) is 4.74 Å². The van der Waals surface area contributed by atoms with Crippen molar-refractivity contribution in [3.05, 3.63) is 0 Å². The average Bonchev–Trinajstić information content (AvgIpc) is 2.01. The molecule has 0 radical (unpaired) electrons. The van der Waals surface area contributed by atoms with E-state index in [1.54, 1.807) is 0 Å². The Bertz CT molecular complexity index is 147. The lowest BCUT2D eigenvalue weighted by molar-refractivity contribution is -0.174. The standard InChI is InChI=1S/C9H18F3NO/c1-7(2)8(13)4-3-5-14-6-9(10,11)12/h7-8H,3-6,13H2,1-2H3. The van der Waals surface area contributed by atoms with Gasteiger partial charge in [0.15, 0.2) is 0 Å². The van der Waals surface area contributed by atoms with Crippen molar-refractivity contribution in [2.75, 3.05) is 13.2 Å². The summed E-state index contributed by atoms with van der Waals surface area (Å²) >= 11 is 0. The minimum atomic E-state index is -4.22. The summed E-state index contributed by atoms with van der Waals surface area (Å²) in [6.45, 7) is 2.94. The molecule has 0 aliphatic rings. The van der Waals surface area contributed by atoms with Crippen LogP contribution in [0.15, 0.2) is 0 Å². The monoisotopic (exact) mass is 213 g/mol. The normalized spacial score (nSPS) is 14.8. The molecule has 1 atom stereocenters. The van der Waals surface area contributed by atoms with Crippen LogP contribution in [0.5, 0.6) is 0 Å². The number of rotatable bonds is 6. The zero-order valence-electron chi connectivity index (χ0n) is 8.60. The summed E-state index contributed by atoms with van der Waals surface area (Å²) in [5, 5.41) is 0. The molecule has 0 aliphatic carbocycles. The maximum atomic E-state index is 11.6. The van der Waals surface area contributed by atoms with Crippen LogP contribution in [-0.2, 0) is 4.74 Å². The van der Waals surface area contributed by atoms with Gasteiger partial charge in [0.05, 0.1) is 0 Å². The van der Waals surface area contributed by atoms with Crippen molar-refractivity contribution in [2.24, 2.45) is 11.7 Å². The van der Waals surface area contributed by atoms with Crippen LogP contribution in [0.2, 0.25) is 0 Å². The maximum absolute atomic E-state index is 11.6. The van der Waals surface area contributed by atoms with Crippen molar-refractivity contribution in [3.63, 3.8) is 0 Å². The van der Waals surface area contributed by atoms with Gasteiger partial charge < -0.3 is 10.5 Å². The highest BCUT2D eigenvalue weighted by atomic mass is 19.4. The Labute approximate surface area is 82.6 Å². The van der Waals surface area contributed by atoms with Crippen LogP contribution in [0.3, 0.4) is 0 Å². The van der Waals surface area contributed by atoms with Crippen LogP contribution in [0.4, 0.5) is 13.2 Å². The molecule has 0 aromatic carbocycles. The largest absolute Gasteiger partial charge is 0.411 e. The molecule has 2 nitrogen and oxygen atoms in total. The zero-order chi connectivity index (χ0) is 11.2. The minimum Gasteiger partial charge on any atom is -0.372 e. The number of nitrogens with two attached hydrogens (primary N) is 1. The van der Waals surface area contributed by atoms with Crippen LogP contribution in [0.1, 0.15) is 26.7 Å². The highest BCUT2D eigenvalue weighted by molar-refractivity contribution is 4.64. The highest BCUT2D eigenvalue weighted by Crippen LogP contribution is 2.14. The number of hydrogen-bond donors (Lipinski definition) is 1. The lowest BCUT2D eigenvalue weighted by Gasteiger charge is -2.15. The molecular formula is C9H18F3NO. The second kappa shape index (κ2) is 6.24. The summed E-state index contributed by atoms with van der Waals surface area (Å²) < 4.78 is 39.3. The van der Waals surface area contributed by atoms with Crippen LogP contribution in [0, 0.1) is 5.92 Å². The van der Waals surface area contributed by atoms with E-state index in [1.165, 1.54) is 0 Å². The predicted octanol–water partition coefficient (Wildman–Crippen LogP) is 2.33. The van der Waals surface area contributed by atoms with Crippen LogP contribution in [-0.4, -0.2) is 25.4 Å². The van der Waals surface area contributed by atoms with Gasteiger partial charge in [-0.2, -0.15) is 13.2 Å². The van der Waals surface area contributed by atoms with Crippen molar-refractivity contribution in [1.82, 2.24) is 0 Å². The van der Waals surface area contributed by atoms with Crippen LogP contribution < -0.4 is 5.73 Å². The van der Waals surface area contributed by atoms with E-state index in [9.17, 15) is 13.2 Å². The van der Waals surface area contributed by atoms with Crippen molar-refractivity contribution in [1.29, 1.82) is 0 Å². The molecule has 0 saturated carbocycles. The molecule has 0 bridgehead atoms. The van der Waals surface area contributed by atoms with E-state index in [0.717, 1.165) is 0 Å². The van der Waals surface area contributed by atoms with Gasteiger partial charge in [-0.1, -0.05) is 13.8 Å². The Hall–Kier alpha value is -0.290. The molecule has 0 rings (SSSR count). The first-order valence-electron chi connectivity index (χ1n) is 4.73. The lowest BCUT2D eigenvalue weighted by atomic mass is 10.0. The molecule has 0 saturated heterocycles. The summed E-state index contributed by atoms with van der Waals surface area (Å²) in [6.07, 6.45) is -2.94. The van der Waals surface area contributed by atoms with Gasteiger partial charge in [-0.05, 0) is 18.8 Å². The summed E-state index contributed by atoms with van der Waals surface area (Å²) in [4.78, 5) is 0. The van der Waals surface area contributed by atoms with Gasteiger partial charge in [0, 0.05) is 12.6 Å². The number of halogens is 3. The molecule has 0 amide bonds. The van der Waals surface area contributed by atoms with Gasteiger partial charge in [0.1, 0.15) is 6.61 Å². The zero-order valence-corrected chi connectivity index (χ0v) is 8.60. The molecular weight excluding hydrogens is 195 g/mol. The Morgan fingerprint density at radius 1 is 1.29 bits per heavy atom. The molecule has 86 valence electrons. The molecule has 0 aromatic rings. The molecule has 0 aliphatic heterocycles. The fraction of sp³-hybridized carbons (Fsp3) is 1.00. The third kappa shape index (κ3) is 8.31. The quantitative estimate of drug-likeness (QED) is 0.687. The Morgan fingerprint density at radius 2 is 1.86 bits per heavy atom. The first-order valence-corrected chi connectivity index (χ1v) is 4.73. The molecule has 0 spiro atoms. The van der Waals surface area contributed by atoms with E-state index < -0.39 is 12.8 Å². The van der Waals surface area contributed by atoms with Crippen LogP contribution in [0.25, 0.3) is 0 Å². The second-order valence-corrected chi connectivity index (χ2v) is 3.72. The number of hydrogen-bond acceptors (Lipinski definition) is 2. The molecule has 5 heteroatoms. The van der Waals surface area contributed by atoms with Crippen LogP contribution >= 0.6 is 0 Å². The average molecular weight is 213 g/mol. The maximum Gasteiger partial charge on any atom is 0.411 e. The Morgan fingerprint density at radius 3 is 2.29 bits per heavy atom. The number of ether oxygens (including phenoxy) is 1. The molecule has 1 unspecified atom stereocenters. The molecule has 0 heterocycles. The first-order chi connectivity index (χ1) is 6.33. The Balaban J connectivity index is 3.30. The third-order valence-electron chi connectivity index (χ3n) is 1.95.